The number of hydrogen-bond donors (Lipinski definition) is 1. The number of rotatable bonds is 2. The summed E-state index contributed by atoms with van der Waals surface area (Å²) >= 11 is 0. The van der Waals surface area contributed by atoms with Crippen LogP contribution in [0.1, 0.15) is 10.5 Å². The van der Waals surface area contributed by atoms with Crippen molar-refractivity contribution in [2.75, 3.05) is 0 Å². The second kappa shape index (κ2) is 4.70. The van der Waals surface area contributed by atoms with E-state index in [4.69, 9.17) is 5.11 Å². The van der Waals surface area contributed by atoms with E-state index < -0.39 is 17.6 Å². The Hall–Kier alpha value is -2.69. The number of nitrogens with zero attached hydrogens (tertiary/aromatic N) is 1. The molecular weight excluding hydrogens is 276 g/mol. The van der Waals surface area contributed by atoms with Gasteiger partial charge >= 0.3 is 5.97 Å². The second-order valence-corrected chi connectivity index (χ2v) is 4.80. The fraction of sp³-hybridized carbons (Fsp3) is 0.0625. The lowest BCUT2D eigenvalue weighted by atomic mass is 10.0. The molecule has 1 N–H and O–H groups in total. The van der Waals surface area contributed by atoms with Crippen LogP contribution in [0.5, 0.6) is 0 Å². The van der Waals surface area contributed by atoms with Crippen LogP contribution in [0.3, 0.4) is 0 Å². The maximum atomic E-state index is 13.3. The lowest BCUT2D eigenvalue weighted by Crippen LogP contribution is -2.03. The second-order valence-electron chi connectivity index (χ2n) is 4.80. The van der Waals surface area contributed by atoms with Crippen LogP contribution in [-0.4, -0.2) is 15.6 Å². The number of benzene rings is 2. The first kappa shape index (κ1) is 13.3. The summed E-state index contributed by atoms with van der Waals surface area (Å²) in [4.78, 5) is 11.1. The molecule has 1 heterocycles. The molecule has 0 aliphatic rings. The third-order valence-corrected chi connectivity index (χ3v) is 3.52. The van der Waals surface area contributed by atoms with Gasteiger partial charge in [-0.15, -0.1) is 0 Å². The van der Waals surface area contributed by atoms with Gasteiger partial charge in [-0.1, -0.05) is 18.2 Å². The lowest BCUT2D eigenvalue weighted by Gasteiger charge is -2.05. The van der Waals surface area contributed by atoms with E-state index in [-0.39, 0.29) is 5.69 Å². The number of hydrogen-bond acceptors (Lipinski definition) is 1. The van der Waals surface area contributed by atoms with Crippen LogP contribution in [0.2, 0.25) is 0 Å². The zero-order valence-electron chi connectivity index (χ0n) is 11.1. The molecule has 0 spiro atoms. The minimum absolute atomic E-state index is 0.174. The monoisotopic (exact) mass is 287 g/mol. The Morgan fingerprint density at radius 3 is 2.33 bits per heavy atom. The fourth-order valence-electron chi connectivity index (χ4n) is 2.39. The normalized spacial score (nSPS) is 11.0. The Balaban J connectivity index is 2.18. The molecule has 1 aromatic heterocycles. The van der Waals surface area contributed by atoms with E-state index in [0.717, 1.165) is 23.0 Å². The Kier molecular flexibility index (Phi) is 2.97. The van der Waals surface area contributed by atoms with E-state index >= 15 is 0 Å². The minimum Gasteiger partial charge on any atom is -0.477 e. The van der Waals surface area contributed by atoms with Crippen LogP contribution in [0.4, 0.5) is 8.78 Å². The van der Waals surface area contributed by atoms with Crippen molar-refractivity contribution in [2.45, 2.75) is 0 Å². The summed E-state index contributed by atoms with van der Waals surface area (Å²) in [6.45, 7) is 0. The zero-order chi connectivity index (χ0) is 15.1. The Morgan fingerprint density at radius 1 is 1.00 bits per heavy atom. The molecule has 0 radical (unpaired) electrons. The average Bonchev–Trinajstić information content (AvgIpc) is 2.79. The number of halogens is 2. The number of carbonyl (C=O) groups is 1. The van der Waals surface area contributed by atoms with Gasteiger partial charge in [0.1, 0.15) is 5.69 Å². The molecule has 0 fully saturated rings. The summed E-state index contributed by atoms with van der Waals surface area (Å²) in [5.41, 5.74) is 2.12. The predicted molar refractivity (Wildman–Crippen MR) is 75.2 cm³/mol. The molecule has 0 unspecified atom stereocenters. The van der Waals surface area contributed by atoms with Crippen LogP contribution in [0, 0.1) is 11.6 Å². The molecule has 0 aliphatic carbocycles. The number of aromatic carboxylic acids is 1. The summed E-state index contributed by atoms with van der Waals surface area (Å²) in [5, 5.41) is 9.89. The van der Waals surface area contributed by atoms with Crippen molar-refractivity contribution in [3.05, 3.63) is 59.8 Å². The molecule has 106 valence electrons. The lowest BCUT2D eigenvalue weighted by molar-refractivity contribution is 0.0687. The summed E-state index contributed by atoms with van der Waals surface area (Å²) in [7, 11) is 1.65. The van der Waals surface area contributed by atoms with Crippen LogP contribution < -0.4 is 0 Å². The molecule has 0 aliphatic heterocycles. The number of carboxylic acid groups (broad SMARTS) is 1. The van der Waals surface area contributed by atoms with Crippen LogP contribution in [0.25, 0.3) is 22.0 Å². The van der Waals surface area contributed by atoms with E-state index in [9.17, 15) is 13.6 Å². The Morgan fingerprint density at radius 2 is 1.67 bits per heavy atom. The van der Waals surface area contributed by atoms with Gasteiger partial charge in [-0.3, -0.25) is 0 Å². The highest BCUT2D eigenvalue weighted by atomic mass is 19.2. The maximum Gasteiger partial charge on any atom is 0.352 e. The molecule has 0 atom stereocenters. The number of aryl methyl sites for hydroxylation is 1. The van der Waals surface area contributed by atoms with Crippen molar-refractivity contribution >= 4 is 16.9 Å². The predicted octanol–water partition coefficient (Wildman–Crippen LogP) is 3.82. The first-order valence-corrected chi connectivity index (χ1v) is 6.25. The van der Waals surface area contributed by atoms with Crippen LogP contribution >= 0.6 is 0 Å². The topological polar surface area (TPSA) is 42.2 Å². The highest BCUT2D eigenvalue weighted by molar-refractivity contribution is 5.95. The number of fused-ring (bicyclic) bond motifs is 1. The van der Waals surface area contributed by atoms with Crippen molar-refractivity contribution in [3.63, 3.8) is 0 Å². The van der Waals surface area contributed by atoms with E-state index in [1.807, 2.05) is 0 Å². The largest absolute Gasteiger partial charge is 0.477 e. The third-order valence-electron chi connectivity index (χ3n) is 3.52. The summed E-state index contributed by atoms with van der Waals surface area (Å²) in [5.74, 6) is -2.82. The molecule has 0 amide bonds. The van der Waals surface area contributed by atoms with Gasteiger partial charge in [-0.05, 0) is 35.4 Å². The molecule has 3 nitrogen and oxygen atoms in total. The maximum absolute atomic E-state index is 13.3. The molecule has 0 saturated heterocycles. The molecular formula is C16H11F2NO2. The highest BCUT2D eigenvalue weighted by Crippen LogP contribution is 2.27. The Labute approximate surface area is 119 Å². The van der Waals surface area contributed by atoms with Crippen LogP contribution in [0.15, 0.2) is 42.5 Å². The molecule has 0 saturated carbocycles. The minimum atomic E-state index is -1.01. The molecule has 5 heteroatoms. The van der Waals surface area contributed by atoms with Gasteiger partial charge in [-0.25, -0.2) is 13.6 Å². The van der Waals surface area contributed by atoms with Gasteiger partial charge in [0.2, 0.25) is 0 Å². The zero-order valence-corrected chi connectivity index (χ0v) is 11.1. The van der Waals surface area contributed by atoms with E-state index in [2.05, 4.69) is 0 Å². The third kappa shape index (κ3) is 2.16. The number of aromatic nitrogens is 1. The first-order valence-electron chi connectivity index (χ1n) is 6.25. The first-order chi connectivity index (χ1) is 9.97. The van der Waals surface area contributed by atoms with E-state index in [0.29, 0.717) is 11.1 Å². The van der Waals surface area contributed by atoms with Gasteiger partial charge < -0.3 is 9.67 Å². The van der Waals surface area contributed by atoms with Crippen molar-refractivity contribution in [1.29, 1.82) is 0 Å². The van der Waals surface area contributed by atoms with Crippen molar-refractivity contribution in [2.24, 2.45) is 7.05 Å². The SMILES string of the molecule is Cn1c(C(=O)O)cc2ccc(-c3ccc(F)c(F)c3)cc21. The van der Waals surface area contributed by atoms with Crippen molar-refractivity contribution < 1.29 is 18.7 Å². The molecule has 0 bridgehead atoms. The summed E-state index contributed by atoms with van der Waals surface area (Å²) in [6.07, 6.45) is 0. The Bertz CT molecular complexity index is 868. The van der Waals surface area contributed by atoms with Crippen LogP contribution in [-0.2, 0) is 7.05 Å². The van der Waals surface area contributed by atoms with Gasteiger partial charge in [0, 0.05) is 18.0 Å². The van der Waals surface area contributed by atoms with Gasteiger partial charge in [0.15, 0.2) is 11.6 Å². The molecule has 3 rings (SSSR count). The van der Waals surface area contributed by atoms with Crippen molar-refractivity contribution in [3.8, 4) is 11.1 Å². The molecule has 3 aromatic rings. The highest BCUT2D eigenvalue weighted by Gasteiger charge is 2.13. The summed E-state index contributed by atoms with van der Waals surface area (Å²) in [6, 6.07) is 10.5. The quantitative estimate of drug-likeness (QED) is 0.778. The summed E-state index contributed by atoms with van der Waals surface area (Å²) < 4.78 is 27.8. The average molecular weight is 287 g/mol. The van der Waals surface area contributed by atoms with E-state index in [1.165, 1.54) is 6.07 Å². The van der Waals surface area contributed by atoms with Gasteiger partial charge in [-0.2, -0.15) is 0 Å². The van der Waals surface area contributed by atoms with Gasteiger partial charge in [0.25, 0.3) is 0 Å². The van der Waals surface area contributed by atoms with E-state index in [1.54, 1.807) is 35.9 Å². The van der Waals surface area contributed by atoms with Crippen molar-refractivity contribution in [1.82, 2.24) is 4.57 Å². The molecule has 21 heavy (non-hydrogen) atoms. The van der Waals surface area contributed by atoms with Gasteiger partial charge in [0.05, 0.1) is 0 Å². The fourth-order valence-corrected chi connectivity index (χ4v) is 2.39. The molecule has 2 aromatic carbocycles. The smallest absolute Gasteiger partial charge is 0.352 e. The standard InChI is InChI=1S/C16H11F2NO2/c1-19-14-7-10(9-4-5-12(17)13(18)6-9)2-3-11(14)8-15(19)16(20)21/h2-8H,1H3,(H,20,21). The number of carboxylic acids is 1.